The van der Waals surface area contributed by atoms with Crippen molar-refractivity contribution in [2.75, 3.05) is 37.4 Å². The summed E-state index contributed by atoms with van der Waals surface area (Å²) in [5, 5.41) is 18.8. The Labute approximate surface area is 437 Å². The molecule has 0 aliphatic heterocycles. The molecule has 10 heteroatoms. The van der Waals surface area contributed by atoms with E-state index in [0.717, 1.165) is 78.7 Å². The number of nitrogens with zero attached hydrogens (tertiary/aromatic N) is 5. The van der Waals surface area contributed by atoms with E-state index in [9.17, 15) is 4.79 Å². The zero-order valence-electron chi connectivity index (χ0n) is 46.2. The highest BCUT2D eigenvalue weighted by Gasteiger charge is 2.20. The van der Waals surface area contributed by atoms with Crippen molar-refractivity contribution in [1.29, 1.82) is 0 Å². The maximum atomic E-state index is 11.8. The van der Waals surface area contributed by atoms with Crippen molar-refractivity contribution in [3.63, 3.8) is 0 Å². The molecular weight excluding hydrogens is 889 g/mol. The van der Waals surface area contributed by atoms with Gasteiger partial charge in [0.2, 0.25) is 0 Å². The molecule has 0 fully saturated rings. The van der Waals surface area contributed by atoms with Gasteiger partial charge >= 0.3 is 0 Å². The fourth-order valence-electron chi connectivity index (χ4n) is 8.53. The first-order chi connectivity index (χ1) is 35.0. The fourth-order valence-corrected chi connectivity index (χ4v) is 8.53. The second-order valence-corrected chi connectivity index (χ2v) is 18.3. The Morgan fingerprint density at radius 2 is 1.68 bits per heavy atom. The highest BCUT2D eigenvalue weighted by atomic mass is 16.5. The van der Waals surface area contributed by atoms with Crippen molar-refractivity contribution in [1.82, 2.24) is 25.0 Å². The number of carbonyl (C=O) groups excluding carboxylic acids is 1. The topological polar surface area (TPSA) is 109 Å². The molecule has 0 saturated carbocycles. The van der Waals surface area contributed by atoms with Gasteiger partial charge in [-0.05, 0) is 146 Å². The summed E-state index contributed by atoms with van der Waals surface area (Å²) in [6, 6.07) is 22.1. The number of fused-ring (bicyclic) bond motifs is 1. The third-order valence-corrected chi connectivity index (χ3v) is 12.5. The molecule has 72 heavy (non-hydrogen) atoms. The number of aryl methyl sites for hydroxylation is 3. The van der Waals surface area contributed by atoms with Crippen LogP contribution in [0.25, 0.3) is 0 Å². The Kier molecular flexibility index (Phi) is 32.8. The minimum absolute atomic E-state index is 0.390. The van der Waals surface area contributed by atoms with Gasteiger partial charge in [-0.2, -0.15) is 0 Å². The second-order valence-electron chi connectivity index (χ2n) is 18.3. The number of aldehydes is 1. The smallest absolute Gasteiger partial charge is 0.181 e. The number of anilines is 2. The maximum Gasteiger partial charge on any atom is 0.181 e. The van der Waals surface area contributed by atoms with Gasteiger partial charge in [0, 0.05) is 61.0 Å². The predicted molar refractivity (Wildman–Crippen MR) is 310 cm³/mol. The molecule has 1 aliphatic carbocycles. The molecule has 394 valence electrons. The van der Waals surface area contributed by atoms with E-state index < -0.39 is 0 Å². The van der Waals surface area contributed by atoms with Crippen LogP contribution in [0, 0.1) is 6.92 Å². The van der Waals surface area contributed by atoms with Crippen LogP contribution < -0.4 is 16.0 Å². The fraction of sp³-hybridized carbons (Fsp3) is 0.484. The lowest BCUT2D eigenvalue weighted by Crippen LogP contribution is -2.29. The minimum atomic E-state index is 0.390. The number of nitrogens with one attached hydrogen (secondary N) is 3. The highest BCUT2D eigenvalue weighted by Crippen LogP contribution is 2.31. The van der Waals surface area contributed by atoms with Crippen LogP contribution in [0.1, 0.15) is 174 Å². The SMILES string of the molecule is C/C=C\C(=NCC)c1nnc(CNc2cccc(C)c2)n1C.C=CC.C=CCCC(C)N(C)Cc1c(C=O)cccc1NC(=C)COCCCCCCCCCCc1ccc2c(c1)C(NC=C)CCC2.CC. The van der Waals surface area contributed by atoms with E-state index in [4.69, 9.17) is 4.74 Å². The molecule has 0 amide bonds. The van der Waals surface area contributed by atoms with Crippen LogP contribution in [0.5, 0.6) is 0 Å². The number of rotatable bonds is 30. The molecule has 10 nitrogen and oxygen atoms in total. The number of aromatic nitrogens is 3. The van der Waals surface area contributed by atoms with Gasteiger partial charge in [0.1, 0.15) is 12.0 Å². The van der Waals surface area contributed by atoms with E-state index in [-0.39, 0.29) is 0 Å². The zero-order valence-corrected chi connectivity index (χ0v) is 46.2. The Hall–Kier alpha value is -5.84. The van der Waals surface area contributed by atoms with Crippen molar-refractivity contribution < 1.29 is 9.53 Å². The standard InChI is InChI=1S/C40H59N3O2.C17H23N5.C3H6.C2H6/c1-6-8-19-33(4)43(5)29-38-36(30-44)22-18-24-40(38)42-32(3)31-45-27-16-14-12-10-9-11-13-15-20-34-25-26-35-21-17-23-39(41-7-2)37(35)28-34;1-5-8-15(18-6-2)17-21-20-16(22(17)4)12-19-14-10-7-9-13(3)11-14;1-3-2;1-2/h6-7,18,22,24-26,28,30,33,39,41-42H,1-3,8-17,19-21,23,27,29,31H2,4-5H3;5,7-11,19H,6,12H2,1-4H3;3H,1H2,2H3;1-2H3/b;8-5-,18-15?;;. The van der Waals surface area contributed by atoms with E-state index >= 15 is 0 Å². The summed E-state index contributed by atoms with van der Waals surface area (Å²) in [7, 11) is 4.07. The normalized spacial score (nSPS) is 13.2. The molecule has 2 atom stereocenters. The molecule has 3 aromatic carbocycles. The number of benzene rings is 3. The molecule has 0 spiro atoms. The highest BCUT2D eigenvalue weighted by molar-refractivity contribution is 6.06. The van der Waals surface area contributed by atoms with Gasteiger partial charge in [-0.1, -0.05) is 126 Å². The molecule has 2 unspecified atom stereocenters. The summed E-state index contributed by atoms with van der Waals surface area (Å²) in [6.07, 6.45) is 27.4. The molecule has 0 bridgehead atoms. The van der Waals surface area contributed by atoms with Crippen molar-refractivity contribution in [2.45, 2.75) is 164 Å². The van der Waals surface area contributed by atoms with E-state index in [1.54, 1.807) is 6.08 Å². The number of ether oxygens (including phenoxy) is 1. The first-order valence-electron chi connectivity index (χ1n) is 26.9. The average Bonchev–Trinajstić information content (AvgIpc) is 3.76. The number of aliphatic imine (C=N–C) groups is 1. The third-order valence-electron chi connectivity index (χ3n) is 12.5. The Morgan fingerprint density at radius 3 is 2.35 bits per heavy atom. The number of unbranched alkanes of at least 4 members (excludes halogenated alkanes) is 7. The van der Waals surface area contributed by atoms with E-state index in [2.05, 4.69) is 114 Å². The quantitative estimate of drug-likeness (QED) is 0.0205. The van der Waals surface area contributed by atoms with Gasteiger partial charge in [-0.15, -0.1) is 23.4 Å². The van der Waals surface area contributed by atoms with E-state index in [0.29, 0.717) is 37.3 Å². The number of hydrogen-bond acceptors (Lipinski definition) is 9. The maximum absolute atomic E-state index is 11.8. The van der Waals surface area contributed by atoms with Crippen molar-refractivity contribution in [3.05, 3.63) is 168 Å². The number of hydrogen-bond donors (Lipinski definition) is 3. The van der Waals surface area contributed by atoms with Crippen molar-refractivity contribution >= 4 is 23.4 Å². The van der Waals surface area contributed by atoms with Gasteiger partial charge < -0.3 is 25.3 Å². The van der Waals surface area contributed by atoms with Crippen molar-refractivity contribution in [2.24, 2.45) is 12.0 Å². The summed E-state index contributed by atoms with van der Waals surface area (Å²) in [4.78, 5) is 18.5. The van der Waals surface area contributed by atoms with Crippen LogP contribution in [-0.4, -0.2) is 64.5 Å². The van der Waals surface area contributed by atoms with Crippen molar-refractivity contribution in [3.8, 4) is 0 Å². The van der Waals surface area contributed by atoms with Gasteiger partial charge in [-0.25, -0.2) is 0 Å². The Bertz CT molecular complexity index is 2240. The van der Waals surface area contributed by atoms with Gasteiger partial charge in [-0.3, -0.25) is 14.7 Å². The lowest BCUT2D eigenvalue weighted by Gasteiger charge is -2.26. The van der Waals surface area contributed by atoms with E-state index in [1.165, 1.54) is 92.9 Å². The summed E-state index contributed by atoms with van der Waals surface area (Å²) in [5.41, 5.74) is 11.1. The second kappa shape index (κ2) is 37.9. The summed E-state index contributed by atoms with van der Waals surface area (Å²) in [6.45, 7) is 32.7. The van der Waals surface area contributed by atoms with Crippen LogP contribution in [0.3, 0.4) is 0 Å². The zero-order chi connectivity index (χ0) is 52.9. The van der Waals surface area contributed by atoms with Gasteiger partial charge in [0.15, 0.2) is 11.6 Å². The molecule has 4 aromatic rings. The largest absolute Gasteiger partial charge is 0.385 e. The number of carbonyl (C=O) groups is 1. The van der Waals surface area contributed by atoms with Gasteiger partial charge in [0.25, 0.3) is 0 Å². The molecule has 5 rings (SSSR count). The molecule has 1 aromatic heterocycles. The number of allylic oxidation sites excluding steroid dienone is 4. The van der Waals surface area contributed by atoms with Crippen LogP contribution in [0.15, 0.2) is 128 Å². The van der Waals surface area contributed by atoms with Crippen LogP contribution in [-0.2, 0) is 37.7 Å². The molecule has 1 heterocycles. The molecule has 0 radical (unpaired) electrons. The molecular formula is C62H94N8O2. The monoisotopic (exact) mass is 983 g/mol. The van der Waals surface area contributed by atoms with E-state index in [1.807, 2.05) is 101 Å². The molecule has 3 N–H and O–H groups in total. The summed E-state index contributed by atoms with van der Waals surface area (Å²) in [5.74, 6) is 1.67. The summed E-state index contributed by atoms with van der Waals surface area (Å²) >= 11 is 0. The third kappa shape index (κ3) is 23.1. The first kappa shape index (κ1) is 62.3. The predicted octanol–water partition coefficient (Wildman–Crippen LogP) is 15.0. The summed E-state index contributed by atoms with van der Waals surface area (Å²) < 4.78 is 7.91. The minimum Gasteiger partial charge on any atom is -0.385 e. The first-order valence-corrected chi connectivity index (χ1v) is 26.9. The Morgan fingerprint density at radius 1 is 0.972 bits per heavy atom. The van der Waals surface area contributed by atoms with Gasteiger partial charge in [0.05, 0.1) is 19.2 Å². The lowest BCUT2D eigenvalue weighted by molar-refractivity contribution is 0.112. The molecule has 0 saturated heterocycles. The molecule has 1 aliphatic rings. The average molecular weight is 983 g/mol. The Balaban J connectivity index is 0.000000546. The van der Waals surface area contributed by atoms with Crippen LogP contribution in [0.4, 0.5) is 11.4 Å². The lowest BCUT2D eigenvalue weighted by atomic mass is 9.86. The van der Waals surface area contributed by atoms with Crippen LogP contribution >= 0.6 is 0 Å². The van der Waals surface area contributed by atoms with Crippen LogP contribution in [0.2, 0.25) is 0 Å².